The molecule has 3 aliphatic rings. The van der Waals surface area contributed by atoms with Crippen molar-refractivity contribution in [3.63, 3.8) is 0 Å². The maximum atomic E-state index is 13.3. The summed E-state index contributed by atoms with van der Waals surface area (Å²) in [4.78, 5) is 31.9. The number of carbonyl (C=O) groups excluding carboxylic acids is 2. The third-order valence-corrected chi connectivity index (χ3v) is 9.36. The Labute approximate surface area is 191 Å². The number of aryl methyl sites for hydroxylation is 1. The van der Waals surface area contributed by atoms with Gasteiger partial charge in [-0.2, -0.15) is 0 Å². The molecule has 0 spiro atoms. The van der Waals surface area contributed by atoms with Crippen molar-refractivity contribution in [3.05, 3.63) is 29.0 Å². The molecule has 2 fully saturated rings. The Balaban J connectivity index is 1.58. The number of hydrogen-bond donors (Lipinski definition) is 2. The van der Waals surface area contributed by atoms with E-state index in [9.17, 15) is 18.0 Å². The fourth-order valence-electron chi connectivity index (χ4n) is 4.34. The number of amides is 2. The van der Waals surface area contributed by atoms with E-state index in [1.807, 2.05) is 17.9 Å². The Morgan fingerprint density at radius 3 is 2.59 bits per heavy atom. The number of hydrogen-bond acceptors (Lipinski definition) is 6. The predicted octanol–water partition coefficient (Wildman–Crippen LogP) is 3.74. The van der Waals surface area contributed by atoms with Crippen LogP contribution in [0.4, 0.5) is 10.8 Å². The number of rotatable bonds is 7. The Hall–Kier alpha value is -2.46. The Morgan fingerprint density at radius 2 is 1.97 bits per heavy atom. The van der Waals surface area contributed by atoms with E-state index in [0.717, 1.165) is 34.5 Å². The lowest BCUT2D eigenvalue weighted by molar-refractivity contribution is -0.114. The summed E-state index contributed by atoms with van der Waals surface area (Å²) in [5, 5.41) is 2.81. The number of sulfonamides is 1. The summed E-state index contributed by atoms with van der Waals surface area (Å²) >= 11 is 1.34. The SMILES string of the molecule is CC(=O)Nc1nc(C)c(-c2cc3c(c(NS(=O)(=O)C4CC4)c2)C(=O)N(C(C)C2CC2)C3)s1. The lowest BCUT2D eigenvalue weighted by atomic mass is 10.0. The van der Waals surface area contributed by atoms with Gasteiger partial charge in [-0.25, -0.2) is 13.4 Å². The maximum Gasteiger partial charge on any atom is 0.256 e. The van der Waals surface area contributed by atoms with E-state index in [2.05, 4.69) is 21.9 Å². The zero-order chi connectivity index (χ0) is 22.8. The topological polar surface area (TPSA) is 108 Å². The van der Waals surface area contributed by atoms with Crippen LogP contribution in [-0.2, 0) is 21.4 Å². The first-order valence-corrected chi connectivity index (χ1v) is 13.2. The average Bonchev–Trinajstić information content (AvgIpc) is 3.61. The lowest BCUT2D eigenvalue weighted by Gasteiger charge is -2.24. The zero-order valence-electron chi connectivity index (χ0n) is 18.3. The monoisotopic (exact) mass is 474 g/mol. The number of aromatic nitrogens is 1. The van der Waals surface area contributed by atoms with Gasteiger partial charge in [0.15, 0.2) is 5.13 Å². The van der Waals surface area contributed by atoms with Crippen LogP contribution in [0.2, 0.25) is 0 Å². The second-order valence-electron chi connectivity index (χ2n) is 9.03. The van der Waals surface area contributed by atoms with Crippen molar-refractivity contribution in [1.29, 1.82) is 0 Å². The van der Waals surface area contributed by atoms with Gasteiger partial charge in [-0.15, -0.1) is 0 Å². The Kier molecular flexibility index (Phi) is 5.05. The molecule has 8 nitrogen and oxygen atoms in total. The second-order valence-corrected chi connectivity index (χ2v) is 12.0. The molecule has 5 rings (SSSR count). The molecular formula is C22H26N4O4S2. The molecule has 0 saturated heterocycles. The van der Waals surface area contributed by atoms with E-state index in [-0.39, 0.29) is 17.9 Å². The van der Waals surface area contributed by atoms with Crippen LogP contribution in [0.25, 0.3) is 10.4 Å². The molecule has 2 N–H and O–H groups in total. The zero-order valence-corrected chi connectivity index (χ0v) is 19.9. The first-order chi connectivity index (χ1) is 15.1. The van der Waals surface area contributed by atoms with Crippen molar-refractivity contribution in [2.45, 2.75) is 64.3 Å². The molecule has 32 heavy (non-hydrogen) atoms. The number of anilines is 2. The average molecular weight is 475 g/mol. The van der Waals surface area contributed by atoms with Gasteiger partial charge < -0.3 is 10.2 Å². The van der Waals surface area contributed by atoms with Crippen LogP contribution < -0.4 is 10.0 Å². The normalized spacial score (nSPS) is 19.1. The van der Waals surface area contributed by atoms with Gasteiger partial charge in [0.05, 0.1) is 27.1 Å². The van der Waals surface area contributed by atoms with Crippen molar-refractivity contribution < 1.29 is 18.0 Å². The molecule has 1 aromatic carbocycles. The summed E-state index contributed by atoms with van der Waals surface area (Å²) in [6, 6.07) is 3.82. The first kappa shape index (κ1) is 21.4. The minimum Gasteiger partial charge on any atom is -0.331 e. The van der Waals surface area contributed by atoms with Crippen LogP contribution >= 0.6 is 11.3 Å². The van der Waals surface area contributed by atoms with E-state index in [0.29, 0.717) is 41.7 Å². The molecule has 1 aliphatic heterocycles. The summed E-state index contributed by atoms with van der Waals surface area (Å²) in [5.41, 5.74) is 3.14. The van der Waals surface area contributed by atoms with E-state index in [1.54, 1.807) is 6.07 Å². The van der Waals surface area contributed by atoms with E-state index in [1.165, 1.54) is 18.3 Å². The quantitative estimate of drug-likeness (QED) is 0.636. The number of carbonyl (C=O) groups is 2. The smallest absolute Gasteiger partial charge is 0.256 e. The summed E-state index contributed by atoms with van der Waals surface area (Å²) < 4.78 is 28.2. The molecule has 170 valence electrons. The fourth-order valence-corrected chi connectivity index (χ4v) is 6.73. The van der Waals surface area contributed by atoms with E-state index in [4.69, 9.17) is 0 Å². The molecule has 10 heteroatoms. The molecule has 2 aliphatic carbocycles. The minimum atomic E-state index is -3.54. The van der Waals surface area contributed by atoms with Crippen LogP contribution in [0.3, 0.4) is 0 Å². The van der Waals surface area contributed by atoms with E-state index >= 15 is 0 Å². The standard InChI is InChI=1S/C22H26N4O4S2/c1-11-20(31-22(23-11)24-13(3)27)15-8-16-10-26(12(2)14-4-5-14)21(28)19(16)18(9-15)25-32(29,30)17-6-7-17/h8-9,12,14,17,25H,4-7,10H2,1-3H3,(H,23,24,27). The van der Waals surface area contributed by atoms with Gasteiger partial charge in [-0.05, 0) is 68.7 Å². The molecule has 1 unspecified atom stereocenters. The molecule has 2 heterocycles. The van der Waals surface area contributed by atoms with Gasteiger partial charge in [-0.3, -0.25) is 14.3 Å². The number of nitrogens with one attached hydrogen (secondary N) is 2. The largest absolute Gasteiger partial charge is 0.331 e. The predicted molar refractivity (Wildman–Crippen MR) is 124 cm³/mol. The number of benzene rings is 1. The van der Waals surface area contributed by atoms with Gasteiger partial charge in [0.25, 0.3) is 5.91 Å². The fraction of sp³-hybridized carbons (Fsp3) is 0.500. The highest BCUT2D eigenvalue weighted by Crippen LogP contribution is 2.43. The van der Waals surface area contributed by atoms with Crippen molar-refractivity contribution in [2.24, 2.45) is 5.92 Å². The molecular weight excluding hydrogens is 448 g/mol. The van der Waals surface area contributed by atoms with Crippen LogP contribution in [0.15, 0.2) is 12.1 Å². The van der Waals surface area contributed by atoms with Crippen LogP contribution in [0, 0.1) is 12.8 Å². The Bertz CT molecular complexity index is 1230. The van der Waals surface area contributed by atoms with Crippen molar-refractivity contribution in [1.82, 2.24) is 9.88 Å². The van der Waals surface area contributed by atoms with Gasteiger partial charge >= 0.3 is 0 Å². The molecule has 1 atom stereocenters. The second kappa shape index (κ2) is 7.55. The number of nitrogens with zero attached hydrogens (tertiary/aromatic N) is 2. The molecule has 0 bridgehead atoms. The van der Waals surface area contributed by atoms with Crippen LogP contribution in [0.5, 0.6) is 0 Å². The van der Waals surface area contributed by atoms with Gasteiger partial charge in [0.2, 0.25) is 15.9 Å². The molecule has 2 saturated carbocycles. The maximum absolute atomic E-state index is 13.3. The highest BCUT2D eigenvalue weighted by Gasteiger charge is 2.41. The first-order valence-electron chi connectivity index (χ1n) is 10.9. The summed E-state index contributed by atoms with van der Waals surface area (Å²) in [6.07, 6.45) is 3.54. The minimum absolute atomic E-state index is 0.112. The van der Waals surface area contributed by atoms with Crippen molar-refractivity contribution in [2.75, 3.05) is 10.0 Å². The van der Waals surface area contributed by atoms with E-state index < -0.39 is 15.3 Å². The summed E-state index contributed by atoms with van der Waals surface area (Å²) in [7, 11) is -3.54. The third kappa shape index (κ3) is 3.90. The van der Waals surface area contributed by atoms with Gasteiger partial charge in [-0.1, -0.05) is 11.3 Å². The molecule has 2 aromatic rings. The van der Waals surface area contributed by atoms with Gasteiger partial charge in [0, 0.05) is 19.5 Å². The summed E-state index contributed by atoms with van der Waals surface area (Å²) in [5.74, 6) is 0.204. The highest BCUT2D eigenvalue weighted by molar-refractivity contribution is 7.93. The summed E-state index contributed by atoms with van der Waals surface area (Å²) in [6.45, 7) is 5.82. The Morgan fingerprint density at radius 1 is 1.25 bits per heavy atom. The van der Waals surface area contributed by atoms with Crippen LogP contribution in [-0.4, -0.2) is 41.4 Å². The number of thiazole rings is 1. The molecule has 2 amide bonds. The van der Waals surface area contributed by atoms with Crippen molar-refractivity contribution >= 4 is 44.0 Å². The molecule has 1 aromatic heterocycles. The van der Waals surface area contributed by atoms with Crippen LogP contribution in [0.1, 0.15) is 61.1 Å². The number of fused-ring (bicyclic) bond motifs is 1. The van der Waals surface area contributed by atoms with Gasteiger partial charge in [0.1, 0.15) is 0 Å². The highest BCUT2D eigenvalue weighted by atomic mass is 32.2. The lowest BCUT2D eigenvalue weighted by Crippen LogP contribution is -2.35. The third-order valence-electron chi connectivity index (χ3n) is 6.39. The molecule has 0 radical (unpaired) electrons. The van der Waals surface area contributed by atoms with Crippen molar-refractivity contribution in [3.8, 4) is 10.4 Å².